The van der Waals surface area contributed by atoms with Crippen molar-refractivity contribution in [2.75, 3.05) is 0 Å². The second-order valence-corrected chi connectivity index (χ2v) is 6.08. The van der Waals surface area contributed by atoms with Crippen LogP contribution in [0.4, 0.5) is 0 Å². The van der Waals surface area contributed by atoms with Gasteiger partial charge in [0.2, 0.25) is 0 Å². The number of hydrogen-bond acceptors (Lipinski definition) is 2. The second kappa shape index (κ2) is 4.99. The molecule has 0 bridgehead atoms. The predicted octanol–water partition coefficient (Wildman–Crippen LogP) is 4.23. The molecular weight excluding hydrogens is 262 g/mol. The normalized spacial score (nSPS) is 16.5. The minimum atomic E-state index is -0.888. The van der Waals surface area contributed by atoms with Crippen molar-refractivity contribution < 1.29 is 9.90 Å². The van der Waals surface area contributed by atoms with Gasteiger partial charge in [-0.2, -0.15) is 0 Å². The molecule has 0 fully saturated rings. The topological polar surface area (TPSA) is 50.2 Å². The van der Waals surface area contributed by atoms with Crippen LogP contribution in [0.3, 0.4) is 0 Å². The number of hydrogen-bond donors (Lipinski definition) is 1. The molecule has 2 aromatic rings. The third-order valence-electron chi connectivity index (χ3n) is 4.18. The van der Waals surface area contributed by atoms with Crippen LogP contribution in [0, 0.1) is 0 Å². The molecule has 21 heavy (non-hydrogen) atoms. The van der Waals surface area contributed by atoms with E-state index >= 15 is 0 Å². The zero-order valence-electron chi connectivity index (χ0n) is 12.6. The van der Waals surface area contributed by atoms with E-state index in [4.69, 9.17) is 4.98 Å². The third kappa shape index (κ3) is 2.23. The predicted molar refractivity (Wildman–Crippen MR) is 82.8 cm³/mol. The Bertz CT molecular complexity index is 719. The van der Waals surface area contributed by atoms with E-state index in [0.29, 0.717) is 17.2 Å². The summed E-state index contributed by atoms with van der Waals surface area (Å²) in [7, 11) is 0. The van der Waals surface area contributed by atoms with Crippen LogP contribution in [0.1, 0.15) is 59.8 Å². The molecule has 0 amide bonds. The Kier molecular flexibility index (Phi) is 3.28. The number of benzene rings is 1. The first-order chi connectivity index (χ1) is 9.99. The average Bonchev–Trinajstić information content (AvgIpc) is 2.46. The highest BCUT2D eigenvalue weighted by atomic mass is 16.4. The summed E-state index contributed by atoms with van der Waals surface area (Å²) < 4.78 is 0. The number of aromatic carboxylic acids is 1. The Balaban J connectivity index is 2.28. The molecule has 3 rings (SSSR count). The monoisotopic (exact) mass is 281 g/mol. The van der Waals surface area contributed by atoms with Crippen molar-refractivity contribution in [2.24, 2.45) is 0 Å². The van der Waals surface area contributed by atoms with Crippen LogP contribution in [-0.4, -0.2) is 16.1 Å². The molecular formula is C18H19NO2. The van der Waals surface area contributed by atoms with Crippen LogP contribution < -0.4 is 0 Å². The SMILES string of the molecule is CC(C)c1nc2c(cc1C(=O)O)CC(C)c1ccccc1-2. The molecule has 1 aliphatic carbocycles. The number of rotatable bonds is 2. The van der Waals surface area contributed by atoms with Gasteiger partial charge in [0.15, 0.2) is 0 Å². The van der Waals surface area contributed by atoms with Gasteiger partial charge in [0.1, 0.15) is 0 Å². The van der Waals surface area contributed by atoms with Crippen LogP contribution in [-0.2, 0) is 6.42 Å². The molecule has 1 aromatic carbocycles. The van der Waals surface area contributed by atoms with Crippen molar-refractivity contribution >= 4 is 5.97 Å². The molecule has 0 spiro atoms. The van der Waals surface area contributed by atoms with Crippen molar-refractivity contribution in [3.8, 4) is 11.3 Å². The third-order valence-corrected chi connectivity index (χ3v) is 4.18. The zero-order valence-corrected chi connectivity index (χ0v) is 12.6. The van der Waals surface area contributed by atoms with Gasteiger partial charge >= 0.3 is 5.97 Å². The number of aromatic nitrogens is 1. The first-order valence-corrected chi connectivity index (χ1v) is 7.35. The van der Waals surface area contributed by atoms with E-state index < -0.39 is 5.97 Å². The van der Waals surface area contributed by atoms with E-state index in [0.717, 1.165) is 23.2 Å². The van der Waals surface area contributed by atoms with Crippen molar-refractivity contribution in [1.82, 2.24) is 4.98 Å². The molecule has 3 heteroatoms. The summed E-state index contributed by atoms with van der Waals surface area (Å²) >= 11 is 0. The molecule has 3 nitrogen and oxygen atoms in total. The van der Waals surface area contributed by atoms with Gasteiger partial charge < -0.3 is 5.11 Å². The molecule has 1 unspecified atom stereocenters. The Labute approximate surface area is 124 Å². The maximum Gasteiger partial charge on any atom is 0.337 e. The van der Waals surface area contributed by atoms with E-state index in [2.05, 4.69) is 25.1 Å². The fourth-order valence-electron chi connectivity index (χ4n) is 3.15. The van der Waals surface area contributed by atoms with Crippen molar-refractivity contribution in [1.29, 1.82) is 0 Å². The van der Waals surface area contributed by atoms with Gasteiger partial charge in [-0.05, 0) is 35.4 Å². The van der Waals surface area contributed by atoms with Gasteiger partial charge in [0.25, 0.3) is 0 Å². The Morgan fingerprint density at radius 3 is 2.71 bits per heavy atom. The molecule has 0 aliphatic heterocycles. The van der Waals surface area contributed by atoms with Gasteiger partial charge in [-0.3, -0.25) is 4.98 Å². The zero-order chi connectivity index (χ0) is 15.1. The molecule has 1 aliphatic rings. The van der Waals surface area contributed by atoms with Crippen LogP contribution >= 0.6 is 0 Å². The average molecular weight is 281 g/mol. The maximum atomic E-state index is 11.5. The van der Waals surface area contributed by atoms with Gasteiger partial charge in [-0.1, -0.05) is 45.0 Å². The fraction of sp³-hybridized carbons (Fsp3) is 0.333. The summed E-state index contributed by atoms with van der Waals surface area (Å²) in [6.45, 7) is 6.15. The van der Waals surface area contributed by atoms with E-state index in [1.165, 1.54) is 5.56 Å². The lowest BCUT2D eigenvalue weighted by Crippen LogP contribution is -2.15. The number of carbonyl (C=O) groups is 1. The van der Waals surface area contributed by atoms with Crippen LogP contribution in [0.5, 0.6) is 0 Å². The first-order valence-electron chi connectivity index (χ1n) is 7.35. The van der Waals surface area contributed by atoms with Gasteiger partial charge in [0, 0.05) is 5.56 Å². The highest BCUT2D eigenvalue weighted by Crippen LogP contribution is 2.39. The van der Waals surface area contributed by atoms with Crippen LogP contribution in [0.2, 0.25) is 0 Å². The van der Waals surface area contributed by atoms with E-state index in [1.807, 2.05) is 26.0 Å². The smallest absolute Gasteiger partial charge is 0.337 e. The quantitative estimate of drug-likeness (QED) is 0.896. The van der Waals surface area contributed by atoms with Crippen LogP contribution in [0.15, 0.2) is 30.3 Å². The second-order valence-electron chi connectivity index (χ2n) is 6.08. The summed E-state index contributed by atoms with van der Waals surface area (Å²) in [6, 6.07) is 10.1. The van der Waals surface area contributed by atoms with Crippen molar-refractivity contribution in [3.63, 3.8) is 0 Å². The summed E-state index contributed by atoms with van der Waals surface area (Å²) in [5.41, 5.74) is 5.46. The number of carboxylic acids is 1. The largest absolute Gasteiger partial charge is 0.478 e. The number of fused-ring (bicyclic) bond motifs is 3. The fourth-order valence-corrected chi connectivity index (χ4v) is 3.15. The lowest BCUT2D eigenvalue weighted by atomic mass is 9.81. The lowest BCUT2D eigenvalue weighted by molar-refractivity contribution is 0.0694. The molecule has 1 atom stereocenters. The standard InChI is InChI=1S/C18H19NO2/c1-10(2)16-15(18(20)21)9-12-8-11(3)13-6-4-5-7-14(13)17(12)19-16/h4-7,9-11H,8H2,1-3H3,(H,20,21). The Morgan fingerprint density at radius 2 is 2.05 bits per heavy atom. The minimum absolute atomic E-state index is 0.0907. The highest BCUT2D eigenvalue weighted by molar-refractivity contribution is 5.90. The summed E-state index contributed by atoms with van der Waals surface area (Å²) in [4.78, 5) is 16.2. The maximum absolute atomic E-state index is 11.5. The Hall–Kier alpha value is -2.16. The van der Waals surface area contributed by atoms with Crippen molar-refractivity contribution in [3.05, 3.63) is 52.7 Å². The van der Waals surface area contributed by atoms with Crippen molar-refractivity contribution in [2.45, 2.75) is 39.0 Å². The summed E-state index contributed by atoms with van der Waals surface area (Å²) in [6.07, 6.45) is 0.845. The van der Waals surface area contributed by atoms with Gasteiger partial charge in [-0.15, -0.1) is 0 Å². The lowest BCUT2D eigenvalue weighted by Gasteiger charge is -2.26. The molecule has 1 aromatic heterocycles. The number of carboxylic acid groups (broad SMARTS) is 1. The van der Waals surface area contributed by atoms with Crippen LogP contribution in [0.25, 0.3) is 11.3 Å². The molecule has 108 valence electrons. The number of nitrogens with zero attached hydrogens (tertiary/aromatic N) is 1. The minimum Gasteiger partial charge on any atom is -0.478 e. The van der Waals surface area contributed by atoms with Gasteiger partial charge in [-0.25, -0.2) is 4.79 Å². The summed E-state index contributed by atoms with van der Waals surface area (Å²) in [5, 5.41) is 9.44. The summed E-state index contributed by atoms with van der Waals surface area (Å²) in [5.74, 6) is -0.407. The molecule has 0 saturated heterocycles. The molecule has 1 heterocycles. The van der Waals surface area contributed by atoms with E-state index in [-0.39, 0.29) is 5.92 Å². The van der Waals surface area contributed by atoms with E-state index in [9.17, 15) is 9.90 Å². The Morgan fingerprint density at radius 1 is 1.33 bits per heavy atom. The number of pyridine rings is 1. The highest BCUT2D eigenvalue weighted by Gasteiger charge is 2.26. The molecule has 1 N–H and O–H groups in total. The molecule has 0 radical (unpaired) electrons. The first kappa shape index (κ1) is 13.8. The molecule has 0 saturated carbocycles. The van der Waals surface area contributed by atoms with Gasteiger partial charge in [0.05, 0.1) is 17.0 Å². The van der Waals surface area contributed by atoms with E-state index in [1.54, 1.807) is 0 Å².